The van der Waals surface area contributed by atoms with Crippen LogP contribution in [0, 0.1) is 0 Å². The fraction of sp³-hybridized carbons (Fsp3) is 0.423. The van der Waals surface area contributed by atoms with E-state index in [1.54, 1.807) is 139 Å². The summed E-state index contributed by atoms with van der Waals surface area (Å²) in [4.78, 5) is 154. The van der Waals surface area contributed by atoms with Gasteiger partial charge in [-0.3, -0.25) is 43.3 Å². The Morgan fingerprint density at radius 3 is 1.96 bits per heavy atom. The minimum atomic E-state index is -1.74. The summed E-state index contributed by atoms with van der Waals surface area (Å²) in [5.41, 5.74) is 7.00. The van der Waals surface area contributed by atoms with Gasteiger partial charge in [0.2, 0.25) is 47.3 Å². The van der Waals surface area contributed by atoms with Gasteiger partial charge >= 0.3 is 12.2 Å². The van der Waals surface area contributed by atoms with Crippen molar-refractivity contribution in [2.45, 2.75) is 171 Å². The number of fused-ring (bicyclic) bond motifs is 1. The summed E-state index contributed by atoms with van der Waals surface area (Å²) in [7, 11) is 4.54. The Bertz CT molecular complexity index is 3750. The predicted molar refractivity (Wildman–Crippen MR) is 391 cm³/mol. The Kier molecular flexibility index (Phi) is 30.4. The van der Waals surface area contributed by atoms with Crippen molar-refractivity contribution in [1.82, 2.24) is 57.4 Å². The Morgan fingerprint density at radius 1 is 0.693 bits per heavy atom. The minimum Gasteiger partial charge on any atom is -0.508 e. The van der Waals surface area contributed by atoms with Crippen LogP contribution in [0.5, 0.6) is 5.75 Å². The standard InChI is InChI=1S/C71H90N12O14S4/c1-43(84)60-67(93)76-48(37-58(86)77-55(61(72)87)41-100-101-59-27-17-19-32-73-59)40-98-99-42-56(81-66(92)57(35-44-20-10-8-11-21-44)83(69(95)97-71(5,6)7)39-46-22-12-9-13-23-46)65(91)79-53(34-45-28-30-49(85)31-29-45)63(89)80-54(36-47-38-75-51-25-15-14-24-50(47)51)64(90)78-52(62(88)82-60)26-16-18-33-74-68(94)96-70(2,3)4/h8-15,17,19-25,27-32,38,43,48,52-57,60,75,84-85H,16,18,26,33-37,39-42H2,1-7H3,(H2,72,87)(H,74,94)(H,76,93)(H,77,86)(H,78,90)(H,79,91)(H,80,89)(H,81,92)(H,82,88)/t43-,48-,52+,53+,54-,55+,56+,57-,60+/m1/s1. The number of unbranched alkanes of at least 4 members (excludes halogenated alkanes) is 1. The molecule has 1 fully saturated rings. The van der Waals surface area contributed by atoms with Gasteiger partial charge < -0.3 is 72.9 Å². The first kappa shape index (κ1) is 79.4. The number of carbonyl (C=O) groups excluding carboxylic acids is 10. The molecule has 1 aliphatic rings. The molecule has 30 heteroatoms. The van der Waals surface area contributed by atoms with Crippen LogP contribution in [0.3, 0.4) is 0 Å². The predicted octanol–water partition coefficient (Wildman–Crippen LogP) is 6.28. The van der Waals surface area contributed by atoms with E-state index in [0.29, 0.717) is 38.2 Å². The van der Waals surface area contributed by atoms with Crippen LogP contribution in [0.25, 0.3) is 10.9 Å². The molecule has 1 aliphatic heterocycles. The second-order valence-corrected chi connectivity index (χ2v) is 31.1. The molecule has 10 amide bonds. The maximum atomic E-state index is 15.5. The summed E-state index contributed by atoms with van der Waals surface area (Å²) in [6, 6.07) is 24.7. The number of carbonyl (C=O) groups is 10. The minimum absolute atomic E-state index is 0.0163. The number of hydrogen-bond acceptors (Lipinski definition) is 19. The molecule has 1 saturated heterocycles. The number of ether oxygens (including phenoxy) is 2. The first-order valence-electron chi connectivity index (χ1n) is 33.0. The lowest BCUT2D eigenvalue weighted by molar-refractivity contribution is -0.136. The highest BCUT2D eigenvalue weighted by Crippen LogP contribution is 2.30. The molecule has 13 N–H and O–H groups in total. The molecule has 0 radical (unpaired) electrons. The van der Waals surface area contributed by atoms with Crippen molar-refractivity contribution in [2.75, 3.05) is 23.8 Å². The molecule has 4 aromatic carbocycles. The third kappa shape index (κ3) is 26.8. The van der Waals surface area contributed by atoms with Gasteiger partial charge in [-0.05, 0) is 131 Å². The van der Waals surface area contributed by atoms with Gasteiger partial charge in [-0.1, -0.05) is 129 Å². The Hall–Kier alpha value is -8.97. The molecule has 3 heterocycles. The Balaban J connectivity index is 1.30. The average Bonchev–Trinajstić information content (AvgIpc) is 1.56. The Morgan fingerprint density at radius 2 is 1.31 bits per heavy atom. The fourth-order valence-corrected chi connectivity index (χ4v) is 15.0. The number of aromatic nitrogens is 2. The smallest absolute Gasteiger partial charge is 0.411 e. The number of nitrogens with zero attached hydrogens (tertiary/aromatic N) is 2. The third-order valence-corrected chi connectivity index (χ3v) is 20.3. The number of phenols is 1. The summed E-state index contributed by atoms with van der Waals surface area (Å²) in [6.45, 7) is 11.4. The van der Waals surface area contributed by atoms with Crippen LogP contribution in [0.2, 0.25) is 0 Å². The number of aromatic hydroxyl groups is 1. The number of rotatable bonds is 25. The fourth-order valence-electron chi connectivity index (χ4n) is 10.5. The lowest BCUT2D eigenvalue weighted by Gasteiger charge is -2.34. The first-order valence-corrected chi connectivity index (χ1v) is 37.8. The summed E-state index contributed by atoms with van der Waals surface area (Å²) in [5.74, 6) is -7.45. The monoisotopic (exact) mass is 1460 g/mol. The van der Waals surface area contributed by atoms with Crippen LogP contribution in [-0.2, 0) is 73.6 Å². The van der Waals surface area contributed by atoms with Crippen molar-refractivity contribution in [3.63, 3.8) is 0 Å². The van der Waals surface area contributed by atoms with Crippen molar-refractivity contribution in [3.8, 4) is 5.75 Å². The third-order valence-electron chi connectivity index (χ3n) is 15.5. The van der Waals surface area contributed by atoms with Gasteiger partial charge in [-0.2, -0.15) is 0 Å². The molecule has 0 aliphatic carbocycles. The SMILES string of the molecule is C[C@@H](O)[C@@H]1NC(=O)[C@H](CCCCNC(=O)OC(C)(C)C)NC(=O)[C@@H](Cc2c[nH]c3ccccc23)NC(=O)[C@H](Cc2ccc(O)cc2)NC(=O)[C@@H](NC(=O)[C@@H](Cc2ccccc2)N(Cc2ccccc2)C(=O)OC(C)(C)C)CSSC[C@@H](CC(=O)N[C@@H](CSSc2ccccn2)C(N)=O)NC1=O. The van der Waals surface area contributed by atoms with Crippen molar-refractivity contribution in [3.05, 3.63) is 162 Å². The van der Waals surface area contributed by atoms with Gasteiger partial charge in [0.25, 0.3) is 0 Å². The highest BCUT2D eigenvalue weighted by Gasteiger charge is 2.39. The number of aliphatic hydroxyl groups is 1. The van der Waals surface area contributed by atoms with E-state index >= 15 is 19.2 Å². The number of aromatic amines is 1. The lowest BCUT2D eigenvalue weighted by Crippen LogP contribution is -2.62. The summed E-state index contributed by atoms with van der Waals surface area (Å²) >= 11 is 0. The van der Waals surface area contributed by atoms with Gasteiger partial charge in [0.05, 0.1) is 6.10 Å². The van der Waals surface area contributed by atoms with Crippen LogP contribution in [0.1, 0.15) is 96.4 Å². The van der Waals surface area contributed by atoms with E-state index in [2.05, 4.69) is 52.5 Å². The number of para-hydroxylation sites is 1. The van der Waals surface area contributed by atoms with Gasteiger partial charge in [-0.15, -0.1) is 0 Å². The van der Waals surface area contributed by atoms with Crippen LogP contribution >= 0.6 is 43.2 Å². The van der Waals surface area contributed by atoms with Gasteiger partial charge in [-0.25, -0.2) is 14.6 Å². The molecule has 7 rings (SSSR count). The Labute approximate surface area is 603 Å². The second-order valence-electron chi connectivity index (χ2n) is 26.2. The van der Waals surface area contributed by atoms with E-state index in [1.165, 1.54) is 57.7 Å². The molecule has 0 bridgehead atoms. The largest absolute Gasteiger partial charge is 0.508 e. The number of aliphatic hydroxyl groups excluding tert-OH is 1. The van der Waals surface area contributed by atoms with Gasteiger partial charge in [0.15, 0.2) is 0 Å². The van der Waals surface area contributed by atoms with Crippen molar-refractivity contribution in [1.29, 1.82) is 0 Å². The number of phenolic OH excluding ortho intramolecular Hbond substituents is 1. The molecule has 0 saturated carbocycles. The summed E-state index contributed by atoms with van der Waals surface area (Å²) < 4.78 is 11.3. The topological polar surface area (TPSA) is 384 Å². The highest BCUT2D eigenvalue weighted by atomic mass is 33.1. The van der Waals surface area contributed by atoms with E-state index in [4.69, 9.17) is 15.2 Å². The first-order chi connectivity index (χ1) is 48.1. The van der Waals surface area contributed by atoms with E-state index in [0.717, 1.165) is 21.6 Å². The second kappa shape index (κ2) is 38.7. The molecule has 2 aromatic heterocycles. The zero-order valence-corrected chi connectivity index (χ0v) is 60.6. The maximum Gasteiger partial charge on any atom is 0.411 e. The molecule has 0 spiro atoms. The maximum absolute atomic E-state index is 15.5. The molecule has 542 valence electrons. The molecular formula is C71H90N12O14S4. The molecular weight excluding hydrogens is 1370 g/mol. The normalized spacial score (nSPS) is 19.3. The molecule has 101 heavy (non-hydrogen) atoms. The zero-order valence-electron chi connectivity index (χ0n) is 57.4. The molecule has 0 unspecified atom stereocenters. The molecule has 26 nitrogen and oxygen atoms in total. The number of nitrogens with one attached hydrogen (secondary N) is 9. The van der Waals surface area contributed by atoms with Gasteiger partial charge in [0.1, 0.15) is 64.3 Å². The highest BCUT2D eigenvalue weighted by molar-refractivity contribution is 8.77. The number of amides is 10. The number of benzene rings is 4. The number of pyridine rings is 1. The summed E-state index contributed by atoms with van der Waals surface area (Å²) in [5, 5.41) is 45.2. The van der Waals surface area contributed by atoms with E-state index in [1.807, 2.05) is 18.2 Å². The average molecular weight is 1460 g/mol. The number of primary amides is 1. The van der Waals surface area contributed by atoms with Crippen LogP contribution < -0.4 is 48.3 Å². The van der Waals surface area contributed by atoms with Crippen molar-refractivity contribution in [2.24, 2.45) is 5.73 Å². The van der Waals surface area contributed by atoms with Crippen LogP contribution in [0.15, 0.2) is 145 Å². The van der Waals surface area contributed by atoms with E-state index in [-0.39, 0.29) is 74.6 Å². The van der Waals surface area contributed by atoms with Crippen molar-refractivity contribution < 1.29 is 67.6 Å². The zero-order chi connectivity index (χ0) is 73.2. The van der Waals surface area contributed by atoms with Crippen LogP contribution in [-0.4, -0.2) is 174 Å². The van der Waals surface area contributed by atoms with Crippen LogP contribution in [0.4, 0.5) is 9.59 Å². The van der Waals surface area contributed by atoms with E-state index in [9.17, 15) is 39.0 Å². The quantitative estimate of drug-likeness (QED) is 0.0221. The number of nitrogens with two attached hydrogens (primary N) is 1. The number of hydrogen-bond donors (Lipinski definition) is 12. The van der Waals surface area contributed by atoms with Gasteiger partial charge in [0, 0.05) is 85.4 Å². The van der Waals surface area contributed by atoms with E-state index < -0.39 is 132 Å². The number of alkyl carbamates (subject to hydrolysis) is 1. The number of H-pyrrole nitrogens is 1. The molecule has 6 aromatic rings. The molecule has 9 atom stereocenters. The van der Waals surface area contributed by atoms with Crippen molar-refractivity contribution >= 4 is 114 Å². The summed E-state index contributed by atoms with van der Waals surface area (Å²) in [6.07, 6.45) is -0.556. The lowest BCUT2D eigenvalue weighted by atomic mass is 10.0.